The molecule has 2 N–H and O–H groups in total. The van der Waals surface area contributed by atoms with Crippen LogP contribution in [0.25, 0.3) is 0 Å². The van der Waals surface area contributed by atoms with Crippen molar-refractivity contribution in [3.8, 4) is 0 Å². The Bertz CT molecular complexity index is 484. The maximum absolute atomic E-state index is 14.6. The zero-order valence-electron chi connectivity index (χ0n) is 12.0. The van der Waals surface area contributed by atoms with Gasteiger partial charge in [-0.2, -0.15) is 0 Å². The Balaban J connectivity index is 3.20. The Hall–Kier alpha value is -0.720. The summed E-state index contributed by atoms with van der Waals surface area (Å²) in [5, 5.41) is 0. The van der Waals surface area contributed by atoms with Crippen LogP contribution in [0.4, 0.5) is 10.1 Å². The minimum atomic E-state index is -0.341. The number of anilines is 1. The van der Waals surface area contributed by atoms with Crippen LogP contribution in [0.15, 0.2) is 16.6 Å². The second kappa shape index (κ2) is 7.90. The lowest BCUT2D eigenvalue weighted by Crippen LogP contribution is -2.36. The number of rotatable bonds is 7. The highest BCUT2D eigenvalue weighted by molar-refractivity contribution is 9.10. The molecular weight excluding hydrogens is 343 g/mol. The average molecular weight is 363 g/mol. The summed E-state index contributed by atoms with van der Waals surface area (Å²) in [5.41, 5.74) is 6.62. The molecule has 0 saturated carbocycles. The van der Waals surface area contributed by atoms with E-state index in [1.54, 1.807) is 19.2 Å². The number of hydrogen-bond donors (Lipinski definition) is 1. The van der Waals surface area contributed by atoms with Gasteiger partial charge in [-0.3, -0.25) is 0 Å². The molecule has 1 atom stereocenters. The SMILES string of the molecule is CCC(C)N(CCOC)c1ccc(C(N)=S)c(Br)c1F. The molecule has 3 nitrogen and oxygen atoms in total. The van der Waals surface area contributed by atoms with Crippen LogP contribution in [-0.2, 0) is 4.74 Å². The van der Waals surface area contributed by atoms with Crippen molar-refractivity contribution in [2.24, 2.45) is 5.73 Å². The third kappa shape index (κ3) is 3.90. The van der Waals surface area contributed by atoms with Gasteiger partial charge in [-0.05, 0) is 41.4 Å². The van der Waals surface area contributed by atoms with Gasteiger partial charge in [0, 0.05) is 25.3 Å². The van der Waals surface area contributed by atoms with E-state index in [9.17, 15) is 4.39 Å². The second-order valence-corrected chi connectivity index (χ2v) is 5.80. The molecule has 1 rings (SSSR count). The van der Waals surface area contributed by atoms with Gasteiger partial charge in [0.15, 0.2) is 5.82 Å². The lowest BCUT2D eigenvalue weighted by molar-refractivity contribution is 0.203. The summed E-state index contributed by atoms with van der Waals surface area (Å²) in [7, 11) is 1.64. The standard InChI is InChI=1S/C14H20BrFN2OS/c1-4-9(2)18(7-8-19-3)11-6-5-10(14(17)20)12(15)13(11)16/h5-6,9H,4,7-8H2,1-3H3,(H2,17,20). The molecule has 20 heavy (non-hydrogen) atoms. The minimum Gasteiger partial charge on any atom is -0.389 e. The van der Waals surface area contributed by atoms with Gasteiger partial charge >= 0.3 is 0 Å². The third-order valence-electron chi connectivity index (χ3n) is 3.30. The monoisotopic (exact) mass is 362 g/mol. The number of nitrogens with two attached hydrogens (primary N) is 1. The largest absolute Gasteiger partial charge is 0.389 e. The van der Waals surface area contributed by atoms with Gasteiger partial charge in [-0.25, -0.2) is 4.39 Å². The summed E-state index contributed by atoms with van der Waals surface area (Å²) in [4.78, 5) is 2.17. The van der Waals surface area contributed by atoms with E-state index in [0.29, 0.717) is 28.9 Å². The molecule has 0 spiro atoms. The van der Waals surface area contributed by atoms with E-state index < -0.39 is 0 Å². The summed E-state index contributed by atoms with van der Waals surface area (Å²) >= 11 is 8.15. The van der Waals surface area contributed by atoms with Crippen LogP contribution in [-0.4, -0.2) is 31.3 Å². The predicted molar refractivity (Wildman–Crippen MR) is 89.0 cm³/mol. The van der Waals surface area contributed by atoms with Crippen LogP contribution in [0.5, 0.6) is 0 Å². The Morgan fingerprint density at radius 1 is 1.55 bits per heavy atom. The third-order valence-corrected chi connectivity index (χ3v) is 4.29. The molecule has 0 bridgehead atoms. The molecule has 0 radical (unpaired) electrons. The Morgan fingerprint density at radius 2 is 2.20 bits per heavy atom. The Morgan fingerprint density at radius 3 is 2.70 bits per heavy atom. The van der Waals surface area contributed by atoms with E-state index in [0.717, 1.165) is 6.42 Å². The molecule has 6 heteroatoms. The fourth-order valence-corrected chi connectivity index (χ4v) is 2.79. The molecule has 1 aromatic carbocycles. The number of thiocarbonyl (C=S) groups is 1. The predicted octanol–water partition coefficient (Wildman–Crippen LogP) is 3.47. The van der Waals surface area contributed by atoms with E-state index in [1.807, 2.05) is 4.90 Å². The van der Waals surface area contributed by atoms with Gasteiger partial charge in [-0.1, -0.05) is 19.1 Å². The van der Waals surface area contributed by atoms with Gasteiger partial charge < -0.3 is 15.4 Å². The van der Waals surface area contributed by atoms with E-state index in [1.165, 1.54) is 0 Å². The summed E-state index contributed by atoms with van der Waals surface area (Å²) in [6.45, 7) is 5.30. The Kier molecular flexibility index (Phi) is 6.85. The van der Waals surface area contributed by atoms with Gasteiger partial charge in [0.2, 0.25) is 0 Å². The number of hydrogen-bond acceptors (Lipinski definition) is 3. The van der Waals surface area contributed by atoms with Crippen molar-refractivity contribution in [1.29, 1.82) is 0 Å². The maximum atomic E-state index is 14.6. The normalized spacial score (nSPS) is 12.2. The van der Waals surface area contributed by atoms with Crippen LogP contribution in [0.3, 0.4) is 0 Å². The summed E-state index contributed by atoms with van der Waals surface area (Å²) in [6.07, 6.45) is 0.915. The van der Waals surface area contributed by atoms with Crippen LogP contribution >= 0.6 is 28.1 Å². The lowest BCUT2D eigenvalue weighted by Gasteiger charge is -2.31. The minimum absolute atomic E-state index is 0.175. The molecule has 0 heterocycles. The maximum Gasteiger partial charge on any atom is 0.161 e. The molecule has 0 amide bonds. The first-order chi connectivity index (χ1) is 9.43. The smallest absolute Gasteiger partial charge is 0.161 e. The fraction of sp³-hybridized carbons (Fsp3) is 0.500. The zero-order chi connectivity index (χ0) is 15.3. The number of benzene rings is 1. The van der Waals surface area contributed by atoms with Crippen LogP contribution < -0.4 is 10.6 Å². The van der Waals surface area contributed by atoms with Crippen LogP contribution in [0.1, 0.15) is 25.8 Å². The Labute approximate surface area is 133 Å². The molecular formula is C14H20BrFN2OS. The van der Waals surface area contributed by atoms with Crippen molar-refractivity contribution in [2.75, 3.05) is 25.2 Å². The van der Waals surface area contributed by atoms with E-state index >= 15 is 0 Å². The van der Waals surface area contributed by atoms with Crippen LogP contribution in [0.2, 0.25) is 0 Å². The van der Waals surface area contributed by atoms with Crippen molar-refractivity contribution in [1.82, 2.24) is 0 Å². The molecule has 0 aliphatic heterocycles. The van der Waals surface area contributed by atoms with Crippen molar-refractivity contribution in [3.05, 3.63) is 28.0 Å². The molecule has 0 fully saturated rings. The first-order valence-corrected chi connectivity index (χ1v) is 7.67. The quantitative estimate of drug-likeness (QED) is 0.753. The van der Waals surface area contributed by atoms with Gasteiger partial charge in [0.1, 0.15) is 4.99 Å². The number of methoxy groups -OCH3 is 1. The fourth-order valence-electron chi connectivity index (χ4n) is 1.94. The first kappa shape index (κ1) is 17.3. The van der Waals surface area contributed by atoms with Crippen LogP contribution in [0, 0.1) is 5.82 Å². The van der Waals surface area contributed by atoms with Gasteiger partial charge in [0.05, 0.1) is 16.8 Å². The van der Waals surface area contributed by atoms with Crippen molar-refractivity contribution in [2.45, 2.75) is 26.3 Å². The highest BCUT2D eigenvalue weighted by atomic mass is 79.9. The summed E-state index contributed by atoms with van der Waals surface area (Å²) in [6, 6.07) is 3.67. The lowest BCUT2D eigenvalue weighted by atomic mass is 10.1. The van der Waals surface area contributed by atoms with Crippen molar-refractivity contribution in [3.63, 3.8) is 0 Å². The molecule has 0 saturated heterocycles. The number of ether oxygens (including phenoxy) is 1. The van der Waals surface area contributed by atoms with Crippen molar-refractivity contribution < 1.29 is 9.13 Å². The van der Waals surface area contributed by atoms with E-state index in [2.05, 4.69) is 29.8 Å². The highest BCUT2D eigenvalue weighted by Gasteiger charge is 2.20. The molecule has 0 aliphatic rings. The summed E-state index contributed by atoms with van der Waals surface area (Å²) in [5.74, 6) is -0.341. The van der Waals surface area contributed by atoms with E-state index in [4.69, 9.17) is 22.7 Å². The zero-order valence-corrected chi connectivity index (χ0v) is 14.4. The molecule has 0 aromatic heterocycles. The first-order valence-electron chi connectivity index (χ1n) is 6.47. The van der Waals surface area contributed by atoms with Gasteiger partial charge in [0.25, 0.3) is 0 Å². The highest BCUT2D eigenvalue weighted by Crippen LogP contribution is 2.31. The topological polar surface area (TPSA) is 38.5 Å². The molecule has 112 valence electrons. The second-order valence-electron chi connectivity index (χ2n) is 4.57. The average Bonchev–Trinajstić information content (AvgIpc) is 2.42. The van der Waals surface area contributed by atoms with E-state index in [-0.39, 0.29) is 16.8 Å². The van der Waals surface area contributed by atoms with Crippen molar-refractivity contribution >= 4 is 38.8 Å². The molecule has 0 aliphatic carbocycles. The molecule has 1 aromatic rings. The molecule has 1 unspecified atom stereocenters. The number of halogens is 2. The number of nitrogens with zero attached hydrogens (tertiary/aromatic N) is 1. The van der Waals surface area contributed by atoms with Gasteiger partial charge in [-0.15, -0.1) is 0 Å². The summed E-state index contributed by atoms with van der Waals surface area (Å²) < 4.78 is 20.0.